The number of nitrogens with zero attached hydrogens (tertiary/aromatic N) is 3. The molecule has 0 bridgehead atoms. The van der Waals surface area contributed by atoms with Gasteiger partial charge in [-0.3, -0.25) is 4.98 Å². The topological polar surface area (TPSA) is 43.9 Å². The van der Waals surface area contributed by atoms with E-state index in [-0.39, 0.29) is 43.1 Å². The molecule has 0 atom stereocenters. The van der Waals surface area contributed by atoms with Crippen molar-refractivity contribution in [2.45, 2.75) is 53.2 Å². The average Bonchev–Trinajstić information content (AvgIpc) is 3.90. The van der Waals surface area contributed by atoms with Crippen LogP contribution in [0.4, 0.5) is 0 Å². The molecule has 0 aliphatic heterocycles. The maximum atomic E-state index is 7.28. The summed E-state index contributed by atoms with van der Waals surface area (Å²) in [5.41, 5.74) is 14.8. The molecule has 3 heterocycles. The van der Waals surface area contributed by atoms with Crippen LogP contribution >= 0.6 is 0 Å². The minimum Gasteiger partial charge on any atom is -0.501 e. The zero-order valence-electron chi connectivity index (χ0n) is 40.3. The fourth-order valence-electron chi connectivity index (χ4n) is 7.88. The van der Waals surface area contributed by atoms with E-state index in [0.29, 0.717) is 11.3 Å². The Labute approximate surface area is 380 Å². The summed E-state index contributed by atoms with van der Waals surface area (Å²) in [6.45, 7) is 4.81. The quantitative estimate of drug-likeness (QED) is 0.150. The standard InChI is InChI=1S/C43H35N2O.C13H12N.Ir/c1-27(2)36-25-32(31-23-21-30(22-24-31)29-13-6-5-7-14-29)26-37(28(3)4)41(36)45-39-19-10-9-18-38(39)44-43(45)35-17-12-16-34-33-15-8-11-20-40(33)46-42(34)35;1-10-3-6-12(7-4-10)13-8-5-11(2)9-14-13;/h5-16,18-28H,1-4H3;3-6,8-9H,1-2H3;/q2*-1;/i;1D3,2D3;. The maximum absolute atomic E-state index is 7.28. The molecule has 3 aromatic heterocycles. The first-order valence-corrected chi connectivity index (χ1v) is 20.3. The van der Waals surface area contributed by atoms with Crippen LogP contribution in [0, 0.1) is 25.8 Å². The molecule has 0 unspecified atom stereocenters. The van der Waals surface area contributed by atoms with E-state index in [1.165, 1.54) is 63.5 Å². The molecular formula is C56H47IrN3O-2. The van der Waals surface area contributed by atoms with E-state index in [2.05, 4.69) is 159 Å². The Morgan fingerprint density at radius 1 is 0.623 bits per heavy atom. The van der Waals surface area contributed by atoms with Gasteiger partial charge in [0, 0.05) is 45.6 Å². The molecule has 303 valence electrons. The summed E-state index contributed by atoms with van der Waals surface area (Å²) in [4.78, 5) is 9.35. The van der Waals surface area contributed by atoms with Gasteiger partial charge in [0.05, 0.1) is 22.4 Å². The Morgan fingerprint density at radius 3 is 1.95 bits per heavy atom. The van der Waals surface area contributed by atoms with Crippen molar-refractivity contribution < 1.29 is 32.7 Å². The number of hydrogen-bond acceptors (Lipinski definition) is 3. The van der Waals surface area contributed by atoms with Gasteiger partial charge in [-0.25, -0.2) is 0 Å². The number of hydrogen-bond donors (Lipinski definition) is 0. The fraction of sp³-hybridized carbons (Fsp3) is 0.143. The number of aryl methyl sites for hydroxylation is 2. The van der Waals surface area contributed by atoms with Crippen molar-refractivity contribution in [1.29, 1.82) is 0 Å². The third-order valence-corrected chi connectivity index (χ3v) is 10.9. The summed E-state index contributed by atoms with van der Waals surface area (Å²) < 4.78 is 52.5. The van der Waals surface area contributed by atoms with Crippen molar-refractivity contribution in [2.24, 2.45) is 0 Å². The molecule has 0 N–H and O–H groups in total. The molecule has 0 amide bonds. The molecule has 0 spiro atoms. The molecule has 0 saturated heterocycles. The molecule has 0 saturated carbocycles. The van der Waals surface area contributed by atoms with E-state index in [0.717, 1.165) is 44.4 Å². The molecule has 0 aliphatic carbocycles. The molecule has 10 rings (SSSR count). The number of rotatable bonds is 7. The Hall–Kier alpha value is -6.39. The summed E-state index contributed by atoms with van der Waals surface area (Å²) in [6, 6.07) is 59.0. The second-order valence-electron chi connectivity index (χ2n) is 15.6. The van der Waals surface area contributed by atoms with Crippen LogP contribution in [0.5, 0.6) is 0 Å². The fourth-order valence-corrected chi connectivity index (χ4v) is 7.88. The predicted octanol–water partition coefficient (Wildman–Crippen LogP) is 15.1. The van der Waals surface area contributed by atoms with Gasteiger partial charge in [0.15, 0.2) is 0 Å². The van der Waals surface area contributed by atoms with Crippen molar-refractivity contribution in [1.82, 2.24) is 14.5 Å². The Morgan fingerprint density at radius 2 is 1.28 bits per heavy atom. The molecule has 10 aromatic rings. The van der Waals surface area contributed by atoms with Gasteiger partial charge in [-0.2, -0.15) is 0 Å². The maximum Gasteiger partial charge on any atom is 0.120 e. The summed E-state index contributed by atoms with van der Waals surface area (Å²) >= 11 is 0. The van der Waals surface area contributed by atoms with Crippen molar-refractivity contribution in [3.63, 3.8) is 0 Å². The van der Waals surface area contributed by atoms with Gasteiger partial charge < -0.3 is 14.0 Å². The van der Waals surface area contributed by atoms with Crippen LogP contribution < -0.4 is 0 Å². The van der Waals surface area contributed by atoms with Crippen LogP contribution in [-0.4, -0.2) is 14.5 Å². The van der Waals surface area contributed by atoms with Crippen LogP contribution in [0.1, 0.15) is 70.0 Å². The van der Waals surface area contributed by atoms with E-state index < -0.39 is 13.7 Å². The summed E-state index contributed by atoms with van der Waals surface area (Å²) in [7, 11) is 0. The smallest absolute Gasteiger partial charge is 0.120 e. The van der Waals surface area contributed by atoms with Crippen LogP contribution in [0.15, 0.2) is 168 Å². The first-order chi connectivity index (χ1) is 31.7. The normalized spacial score (nSPS) is 13.1. The second kappa shape index (κ2) is 17.7. The third kappa shape index (κ3) is 8.24. The van der Waals surface area contributed by atoms with E-state index in [4.69, 9.17) is 17.6 Å². The van der Waals surface area contributed by atoms with Crippen LogP contribution in [0.2, 0.25) is 0 Å². The van der Waals surface area contributed by atoms with Crippen molar-refractivity contribution in [3.05, 3.63) is 198 Å². The molecule has 0 fully saturated rings. The minimum absolute atomic E-state index is 0. The first kappa shape index (κ1) is 34.3. The molecular weight excluding hydrogens is 923 g/mol. The summed E-state index contributed by atoms with van der Waals surface area (Å²) in [5.74, 6) is 1.39. The summed E-state index contributed by atoms with van der Waals surface area (Å²) in [5, 5.41) is 2.18. The number of fused-ring (bicyclic) bond motifs is 4. The Kier molecular flexibility index (Phi) is 9.95. The zero-order chi connectivity index (χ0) is 46.3. The number of aromatic nitrogens is 3. The van der Waals surface area contributed by atoms with Crippen molar-refractivity contribution in [2.75, 3.05) is 0 Å². The molecule has 7 aromatic carbocycles. The average molecular weight is 976 g/mol. The zero-order valence-corrected chi connectivity index (χ0v) is 36.7. The van der Waals surface area contributed by atoms with E-state index in [1.807, 2.05) is 18.2 Å². The monoisotopic (exact) mass is 976 g/mol. The molecule has 5 heteroatoms. The third-order valence-electron chi connectivity index (χ3n) is 10.9. The second-order valence-corrected chi connectivity index (χ2v) is 15.6. The van der Waals surface area contributed by atoms with Gasteiger partial charge in [-0.1, -0.05) is 143 Å². The molecule has 0 aliphatic rings. The summed E-state index contributed by atoms with van der Waals surface area (Å²) in [6.07, 6.45) is 1.30. The number of benzene rings is 7. The number of furan rings is 1. The van der Waals surface area contributed by atoms with Gasteiger partial charge >= 0.3 is 0 Å². The molecule has 4 nitrogen and oxygen atoms in total. The van der Waals surface area contributed by atoms with Crippen molar-refractivity contribution in [3.8, 4) is 50.6 Å². The van der Waals surface area contributed by atoms with Crippen LogP contribution in [0.25, 0.3) is 83.6 Å². The Bertz CT molecular complexity index is 3230. The van der Waals surface area contributed by atoms with Gasteiger partial charge in [-0.05, 0) is 93.7 Å². The van der Waals surface area contributed by atoms with Crippen molar-refractivity contribution >= 4 is 33.0 Å². The van der Waals surface area contributed by atoms with E-state index in [1.54, 1.807) is 12.1 Å². The minimum atomic E-state index is -2.18. The number of para-hydroxylation sites is 3. The van der Waals surface area contributed by atoms with Gasteiger partial charge in [0.25, 0.3) is 0 Å². The number of pyridine rings is 1. The Balaban J connectivity index is 0.000000244. The van der Waals surface area contributed by atoms with Crippen LogP contribution in [-0.2, 0) is 20.1 Å². The first-order valence-electron chi connectivity index (χ1n) is 23.3. The molecule has 61 heavy (non-hydrogen) atoms. The number of imidazole rings is 1. The molecule has 1 radical (unpaired) electrons. The SMILES string of the molecule is CC(C)c1cc(-c2ccc(-c3ccccc3)cc2)cc(C(C)C)c1-n1c(-c2[c-]ccc3c2oc2ccccc23)nc2ccccc21.[2H]C([2H])([2H])c1c[c-]c(-c2ccc(C([2H])([2H])[2H])cn2)cc1.[Ir]. The van der Waals surface area contributed by atoms with Crippen LogP contribution in [0.3, 0.4) is 0 Å². The van der Waals surface area contributed by atoms with Gasteiger partial charge in [0.2, 0.25) is 0 Å². The van der Waals surface area contributed by atoms with E-state index >= 15 is 0 Å². The predicted molar refractivity (Wildman–Crippen MR) is 250 cm³/mol. The largest absolute Gasteiger partial charge is 0.501 e. The van der Waals surface area contributed by atoms with Gasteiger partial charge in [-0.15, -0.1) is 53.6 Å². The van der Waals surface area contributed by atoms with E-state index in [9.17, 15) is 0 Å². The van der Waals surface area contributed by atoms with Gasteiger partial charge in [0.1, 0.15) is 5.58 Å².